The van der Waals surface area contributed by atoms with Crippen molar-refractivity contribution >= 4 is 12.1 Å². The Morgan fingerprint density at radius 2 is 1.93 bits per heavy atom. The number of aliphatic hydroxyl groups is 1. The van der Waals surface area contributed by atoms with Crippen molar-refractivity contribution in [1.82, 2.24) is 15.1 Å². The first-order valence-electron chi connectivity index (χ1n) is 10.3. The molecule has 1 unspecified atom stereocenters. The number of fused-ring (bicyclic) bond motifs is 1. The topological polar surface area (TPSA) is 82.1 Å². The highest BCUT2D eigenvalue weighted by molar-refractivity contribution is 5.75. The summed E-state index contributed by atoms with van der Waals surface area (Å²) in [6, 6.07) is 8.56. The predicted octanol–water partition coefficient (Wildman–Crippen LogP) is 2.27. The highest BCUT2D eigenvalue weighted by Gasteiger charge is 2.35. The van der Waals surface area contributed by atoms with Crippen molar-refractivity contribution in [2.75, 3.05) is 19.8 Å². The Kier molecular flexibility index (Phi) is 5.71. The number of hydrogen-bond donors (Lipinski definition) is 2. The van der Waals surface area contributed by atoms with Crippen molar-refractivity contribution in [1.29, 1.82) is 0 Å². The van der Waals surface area contributed by atoms with Crippen molar-refractivity contribution in [3.63, 3.8) is 0 Å². The zero-order chi connectivity index (χ0) is 19.5. The average molecular weight is 387 g/mol. The van der Waals surface area contributed by atoms with Gasteiger partial charge in [-0.1, -0.05) is 24.3 Å². The molecule has 3 amide bonds. The average Bonchev–Trinajstić information content (AvgIpc) is 3.14. The minimum atomic E-state index is -0.202. The maximum absolute atomic E-state index is 13.0. The standard InChI is InChI=1S/C21H29N3O4/c25-11-9-19-13-15-3-1-2-4-16(15)14-24(19)20(26)22-17-5-7-18(8-6-17)23-10-12-28-21(23)27/h1-4,17-19,25H,5-14H2,(H,22,26). The van der Waals surface area contributed by atoms with E-state index >= 15 is 0 Å². The van der Waals surface area contributed by atoms with Gasteiger partial charge >= 0.3 is 12.1 Å². The van der Waals surface area contributed by atoms with Gasteiger partial charge < -0.3 is 25.0 Å². The summed E-state index contributed by atoms with van der Waals surface area (Å²) in [5.74, 6) is 0. The van der Waals surface area contributed by atoms with Crippen LogP contribution in [0.15, 0.2) is 24.3 Å². The Balaban J connectivity index is 1.34. The summed E-state index contributed by atoms with van der Waals surface area (Å²) in [4.78, 5) is 28.5. The normalized spacial score (nSPS) is 27.3. The zero-order valence-corrected chi connectivity index (χ0v) is 16.2. The Morgan fingerprint density at radius 1 is 1.18 bits per heavy atom. The molecule has 2 heterocycles. The first-order valence-corrected chi connectivity index (χ1v) is 10.3. The number of cyclic esters (lactones) is 1. The number of carbonyl (C=O) groups excluding carboxylic acids is 2. The largest absolute Gasteiger partial charge is 0.448 e. The molecular weight excluding hydrogens is 358 g/mol. The zero-order valence-electron chi connectivity index (χ0n) is 16.2. The number of aliphatic hydroxyl groups excluding tert-OH is 1. The Morgan fingerprint density at radius 3 is 2.61 bits per heavy atom. The summed E-state index contributed by atoms with van der Waals surface area (Å²) in [6.07, 6.45) is 4.70. The molecule has 1 aromatic rings. The predicted molar refractivity (Wildman–Crippen MR) is 104 cm³/mol. The highest BCUT2D eigenvalue weighted by atomic mass is 16.6. The fourth-order valence-electron chi connectivity index (χ4n) is 4.76. The molecule has 0 spiro atoms. The number of benzene rings is 1. The minimum Gasteiger partial charge on any atom is -0.448 e. The second-order valence-corrected chi connectivity index (χ2v) is 8.03. The van der Waals surface area contributed by atoms with Gasteiger partial charge in [-0.2, -0.15) is 0 Å². The third-order valence-electron chi connectivity index (χ3n) is 6.34. The van der Waals surface area contributed by atoms with Gasteiger partial charge in [0.1, 0.15) is 6.61 Å². The highest BCUT2D eigenvalue weighted by Crippen LogP contribution is 2.28. The molecule has 28 heavy (non-hydrogen) atoms. The van der Waals surface area contributed by atoms with E-state index in [1.165, 1.54) is 11.1 Å². The lowest BCUT2D eigenvalue weighted by atomic mass is 9.90. The van der Waals surface area contributed by atoms with Crippen LogP contribution >= 0.6 is 0 Å². The van der Waals surface area contributed by atoms with Crippen LogP contribution in [0.3, 0.4) is 0 Å². The quantitative estimate of drug-likeness (QED) is 0.830. The lowest BCUT2D eigenvalue weighted by molar-refractivity contribution is 0.126. The van der Waals surface area contributed by atoms with E-state index in [0.29, 0.717) is 26.1 Å². The van der Waals surface area contributed by atoms with Crippen LogP contribution in [0.1, 0.15) is 43.2 Å². The number of rotatable bonds is 4. The van der Waals surface area contributed by atoms with Crippen LogP contribution < -0.4 is 5.32 Å². The van der Waals surface area contributed by atoms with E-state index in [-0.39, 0.29) is 36.9 Å². The number of amides is 3. The lowest BCUT2D eigenvalue weighted by Crippen LogP contribution is -2.53. The molecule has 152 valence electrons. The van der Waals surface area contributed by atoms with Crippen LogP contribution in [0, 0.1) is 0 Å². The Hall–Kier alpha value is -2.28. The number of urea groups is 1. The van der Waals surface area contributed by atoms with Crippen LogP contribution in [0.25, 0.3) is 0 Å². The van der Waals surface area contributed by atoms with Crippen molar-refractivity contribution < 1.29 is 19.4 Å². The number of hydrogen-bond acceptors (Lipinski definition) is 4. The van der Waals surface area contributed by atoms with E-state index in [4.69, 9.17) is 4.74 Å². The van der Waals surface area contributed by atoms with Gasteiger partial charge in [-0.15, -0.1) is 0 Å². The number of ether oxygens (including phenoxy) is 1. The first kappa shape index (κ1) is 19.1. The van der Waals surface area contributed by atoms with Crippen LogP contribution in [0.2, 0.25) is 0 Å². The molecule has 1 saturated carbocycles. The molecule has 1 atom stereocenters. The molecule has 2 N–H and O–H groups in total. The van der Waals surface area contributed by atoms with Crippen LogP contribution in [0.5, 0.6) is 0 Å². The van der Waals surface area contributed by atoms with E-state index in [0.717, 1.165) is 32.1 Å². The summed E-state index contributed by atoms with van der Waals surface area (Å²) in [5.41, 5.74) is 2.45. The van der Waals surface area contributed by atoms with Crippen molar-refractivity contribution in [2.45, 2.75) is 63.2 Å². The number of nitrogens with zero attached hydrogens (tertiary/aromatic N) is 2. The summed E-state index contributed by atoms with van der Waals surface area (Å²) in [7, 11) is 0. The van der Waals surface area contributed by atoms with Crippen molar-refractivity contribution in [2.24, 2.45) is 0 Å². The lowest BCUT2D eigenvalue weighted by Gasteiger charge is -2.39. The fraction of sp³-hybridized carbons (Fsp3) is 0.619. The van der Waals surface area contributed by atoms with Gasteiger partial charge in [0.25, 0.3) is 0 Å². The molecule has 0 aromatic heterocycles. The van der Waals surface area contributed by atoms with Gasteiger partial charge in [0.05, 0.1) is 6.54 Å². The molecule has 3 aliphatic rings. The Labute approximate surface area is 165 Å². The maximum Gasteiger partial charge on any atom is 0.410 e. The van der Waals surface area contributed by atoms with Gasteiger partial charge in [0.15, 0.2) is 0 Å². The van der Waals surface area contributed by atoms with Crippen LogP contribution in [-0.2, 0) is 17.7 Å². The second kappa shape index (κ2) is 8.39. The third-order valence-corrected chi connectivity index (χ3v) is 6.34. The molecular formula is C21H29N3O4. The fourth-order valence-corrected chi connectivity index (χ4v) is 4.76. The van der Waals surface area contributed by atoms with Gasteiger partial charge in [-0.3, -0.25) is 0 Å². The molecule has 4 rings (SSSR count). The van der Waals surface area contributed by atoms with Gasteiger partial charge in [0.2, 0.25) is 0 Å². The molecule has 2 aliphatic heterocycles. The van der Waals surface area contributed by atoms with E-state index < -0.39 is 0 Å². The van der Waals surface area contributed by atoms with Crippen LogP contribution in [0.4, 0.5) is 9.59 Å². The van der Waals surface area contributed by atoms with E-state index in [1.54, 1.807) is 0 Å². The van der Waals surface area contributed by atoms with Gasteiger partial charge in [-0.05, 0) is 49.7 Å². The molecule has 1 saturated heterocycles. The smallest absolute Gasteiger partial charge is 0.410 e. The molecule has 1 aromatic carbocycles. The first-order chi connectivity index (χ1) is 13.7. The monoisotopic (exact) mass is 387 g/mol. The molecule has 0 bridgehead atoms. The summed E-state index contributed by atoms with van der Waals surface area (Å²) in [5, 5.41) is 12.6. The van der Waals surface area contributed by atoms with Crippen molar-refractivity contribution in [3.8, 4) is 0 Å². The van der Waals surface area contributed by atoms with E-state index in [1.807, 2.05) is 21.9 Å². The third kappa shape index (κ3) is 3.94. The summed E-state index contributed by atoms with van der Waals surface area (Å²) < 4.78 is 5.04. The van der Waals surface area contributed by atoms with Gasteiger partial charge in [0, 0.05) is 31.3 Å². The maximum atomic E-state index is 13.0. The number of nitrogens with one attached hydrogen (secondary N) is 1. The second-order valence-electron chi connectivity index (χ2n) is 8.03. The number of carbonyl (C=O) groups is 2. The Bertz CT molecular complexity index is 717. The summed E-state index contributed by atoms with van der Waals surface area (Å²) >= 11 is 0. The molecule has 1 aliphatic carbocycles. The minimum absolute atomic E-state index is 0.0237. The van der Waals surface area contributed by atoms with Gasteiger partial charge in [-0.25, -0.2) is 9.59 Å². The molecule has 7 nitrogen and oxygen atoms in total. The molecule has 7 heteroatoms. The molecule has 2 fully saturated rings. The van der Waals surface area contributed by atoms with E-state index in [9.17, 15) is 14.7 Å². The van der Waals surface area contributed by atoms with Crippen molar-refractivity contribution in [3.05, 3.63) is 35.4 Å². The molecule has 0 radical (unpaired) electrons. The van der Waals surface area contributed by atoms with Crippen LogP contribution in [-0.4, -0.2) is 64.9 Å². The SMILES string of the molecule is O=C(NC1CCC(N2CCOC2=O)CC1)N1Cc2ccccc2CC1CCO. The summed E-state index contributed by atoms with van der Waals surface area (Å²) in [6.45, 7) is 1.82. The van der Waals surface area contributed by atoms with E-state index in [2.05, 4.69) is 17.4 Å².